The Hall–Kier alpha value is -3.64. The highest BCUT2D eigenvalue weighted by Crippen LogP contribution is 2.32. The lowest BCUT2D eigenvalue weighted by Gasteiger charge is -2.19. The highest BCUT2D eigenvalue weighted by molar-refractivity contribution is 5.96. The Kier molecular flexibility index (Phi) is 5.01. The number of aromatic carboxylic acids is 1. The fourth-order valence-corrected chi connectivity index (χ4v) is 3.86. The summed E-state index contributed by atoms with van der Waals surface area (Å²) in [7, 11) is 1.54. The van der Waals surface area contributed by atoms with Crippen LogP contribution in [0.5, 0.6) is 5.88 Å². The van der Waals surface area contributed by atoms with E-state index < -0.39 is 12.1 Å². The Labute approximate surface area is 174 Å². The summed E-state index contributed by atoms with van der Waals surface area (Å²) in [5, 5.41) is 21.0. The highest BCUT2D eigenvalue weighted by Gasteiger charge is 2.22. The van der Waals surface area contributed by atoms with E-state index in [2.05, 4.69) is 4.98 Å². The van der Waals surface area contributed by atoms with Crippen LogP contribution in [0.4, 0.5) is 0 Å². The minimum atomic E-state index is -1.04. The minimum Gasteiger partial charge on any atom is -0.480 e. The first-order valence-electron chi connectivity index (χ1n) is 9.54. The molecule has 2 aromatic heterocycles. The number of aliphatic hydroxyl groups excluding tert-OH is 1. The summed E-state index contributed by atoms with van der Waals surface area (Å²) in [4.78, 5) is 16.4. The molecule has 0 aliphatic rings. The number of aryl methyl sites for hydroxylation is 2. The second-order valence-electron chi connectivity index (χ2n) is 7.25. The summed E-state index contributed by atoms with van der Waals surface area (Å²) >= 11 is 0. The molecule has 1 unspecified atom stereocenters. The van der Waals surface area contributed by atoms with Crippen LogP contribution in [-0.2, 0) is 0 Å². The number of imidazole rings is 1. The molecular weight excluding hydrogens is 380 g/mol. The Morgan fingerprint density at radius 2 is 1.80 bits per heavy atom. The smallest absolute Gasteiger partial charge is 0.336 e. The van der Waals surface area contributed by atoms with Crippen LogP contribution in [0.3, 0.4) is 0 Å². The van der Waals surface area contributed by atoms with Crippen LogP contribution in [0.2, 0.25) is 0 Å². The van der Waals surface area contributed by atoms with E-state index in [1.807, 2.05) is 50.2 Å². The predicted molar refractivity (Wildman–Crippen MR) is 114 cm³/mol. The Morgan fingerprint density at radius 1 is 1.07 bits per heavy atom. The van der Waals surface area contributed by atoms with E-state index in [0.717, 1.165) is 16.7 Å². The summed E-state index contributed by atoms with van der Waals surface area (Å²) in [5.74, 6) is -0.597. The summed E-state index contributed by atoms with van der Waals surface area (Å²) in [5.41, 5.74) is 5.18. The maximum Gasteiger partial charge on any atom is 0.336 e. The Morgan fingerprint density at radius 3 is 2.47 bits per heavy atom. The first kappa shape index (κ1) is 19.7. The summed E-state index contributed by atoms with van der Waals surface area (Å²) in [6.45, 7) is 3.86. The zero-order valence-corrected chi connectivity index (χ0v) is 17.0. The van der Waals surface area contributed by atoms with E-state index >= 15 is 0 Å². The van der Waals surface area contributed by atoms with Gasteiger partial charge in [-0.2, -0.15) is 4.98 Å². The van der Waals surface area contributed by atoms with E-state index in [1.165, 1.54) is 6.07 Å². The van der Waals surface area contributed by atoms with E-state index in [1.54, 1.807) is 29.8 Å². The SMILES string of the molecule is COc1cn2c(C(O)c3ccc(-c4ccccc4)c(C(=O)O)c3)c(C)cc(C)c2n1. The number of methoxy groups -OCH3 is 1. The summed E-state index contributed by atoms with van der Waals surface area (Å²) in [6, 6.07) is 16.3. The highest BCUT2D eigenvalue weighted by atomic mass is 16.5. The van der Waals surface area contributed by atoms with Crippen LogP contribution in [-0.4, -0.2) is 32.7 Å². The van der Waals surface area contributed by atoms with Crippen molar-refractivity contribution in [2.75, 3.05) is 7.11 Å². The van der Waals surface area contributed by atoms with Crippen molar-refractivity contribution in [3.05, 3.63) is 88.7 Å². The molecule has 0 amide bonds. The number of benzene rings is 2. The van der Waals surface area contributed by atoms with Gasteiger partial charge in [0, 0.05) is 0 Å². The number of hydrogen-bond donors (Lipinski definition) is 2. The molecule has 2 heterocycles. The molecule has 0 bridgehead atoms. The molecule has 30 heavy (non-hydrogen) atoms. The van der Waals surface area contributed by atoms with Crippen molar-refractivity contribution in [3.63, 3.8) is 0 Å². The predicted octanol–water partition coefficient (Wildman–Crippen LogP) is 4.41. The van der Waals surface area contributed by atoms with Crippen molar-refractivity contribution in [2.24, 2.45) is 0 Å². The second kappa shape index (κ2) is 7.65. The van der Waals surface area contributed by atoms with Gasteiger partial charge in [0.15, 0.2) is 0 Å². The van der Waals surface area contributed by atoms with Crippen molar-refractivity contribution in [1.82, 2.24) is 9.38 Å². The van der Waals surface area contributed by atoms with Gasteiger partial charge in [-0.1, -0.05) is 48.5 Å². The maximum atomic E-state index is 12.0. The number of aliphatic hydroxyl groups is 1. The van der Waals surface area contributed by atoms with Crippen LogP contribution in [0.25, 0.3) is 16.8 Å². The topological polar surface area (TPSA) is 84.1 Å². The number of carbonyl (C=O) groups is 1. The molecule has 0 aliphatic carbocycles. The first-order chi connectivity index (χ1) is 14.4. The van der Waals surface area contributed by atoms with Gasteiger partial charge in [0.2, 0.25) is 5.88 Å². The molecule has 2 N–H and O–H groups in total. The van der Waals surface area contributed by atoms with Gasteiger partial charge in [0.25, 0.3) is 0 Å². The average molecular weight is 402 g/mol. The molecule has 4 aromatic rings. The molecule has 152 valence electrons. The van der Waals surface area contributed by atoms with Crippen LogP contribution in [0.15, 0.2) is 60.8 Å². The van der Waals surface area contributed by atoms with Gasteiger partial charge in [-0.15, -0.1) is 0 Å². The number of aromatic nitrogens is 2. The zero-order valence-electron chi connectivity index (χ0n) is 17.0. The van der Waals surface area contributed by atoms with Crippen LogP contribution < -0.4 is 4.74 Å². The molecule has 1 atom stereocenters. The second-order valence-corrected chi connectivity index (χ2v) is 7.25. The van der Waals surface area contributed by atoms with Gasteiger partial charge in [0.1, 0.15) is 11.8 Å². The van der Waals surface area contributed by atoms with E-state index in [9.17, 15) is 15.0 Å². The molecule has 0 spiro atoms. The van der Waals surface area contributed by atoms with Crippen LogP contribution in [0, 0.1) is 13.8 Å². The van der Waals surface area contributed by atoms with Gasteiger partial charge in [-0.25, -0.2) is 4.79 Å². The molecular formula is C24H22N2O4. The summed E-state index contributed by atoms with van der Waals surface area (Å²) in [6.07, 6.45) is 0.694. The number of ether oxygens (including phenoxy) is 1. The fraction of sp³-hybridized carbons (Fsp3) is 0.167. The zero-order chi connectivity index (χ0) is 21.4. The number of carboxylic acid groups (broad SMARTS) is 1. The molecule has 0 saturated carbocycles. The lowest BCUT2D eigenvalue weighted by Crippen LogP contribution is -2.11. The van der Waals surface area contributed by atoms with Gasteiger partial charge >= 0.3 is 5.97 Å². The molecule has 6 nitrogen and oxygen atoms in total. The van der Waals surface area contributed by atoms with E-state index in [-0.39, 0.29) is 5.56 Å². The number of hydrogen-bond acceptors (Lipinski definition) is 4. The van der Waals surface area contributed by atoms with E-state index in [4.69, 9.17) is 4.74 Å². The molecule has 4 rings (SSSR count). The maximum absolute atomic E-state index is 12.0. The number of rotatable bonds is 5. The minimum absolute atomic E-state index is 0.141. The van der Waals surface area contributed by atoms with Crippen molar-refractivity contribution < 1.29 is 19.7 Å². The monoisotopic (exact) mass is 402 g/mol. The quantitative estimate of drug-likeness (QED) is 0.517. The molecule has 0 fully saturated rings. The summed E-state index contributed by atoms with van der Waals surface area (Å²) < 4.78 is 7.06. The lowest BCUT2D eigenvalue weighted by molar-refractivity contribution is 0.0697. The first-order valence-corrected chi connectivity index (χ1v) is 9.54. The average Bonchev–Trinajstić information content (AvgIpc) is 3.18. The molecule has 0 radical (unpaired) electrons. The fourth-order valence-electron chi connectivity index (χ4n) is 3.86. The third-order valence-electron chi connectivity index (χ3n) is 5.28. The molecule has 0 aliphatic heterocycles. The van der Waals surface area contributed by atoms with Gasteiger partial charge in [0.05, 0.1) is 24.6 Å². The van der Waals surface area contributed by atoms with Crippen LogP contribution >= 0.6 is 0 Å². The third-order valence-corrected chi connectivity index (χ3v) is 5.28. The standard InChI is InChI=1S/C24H22N2O4/c1-14-11-15(2)23-25-20(30-3)13-26(23)21(14)22(27)17-9-10-18(19(12-17)24(28)29)16-7-5-4-6-8-16/h4-13,22,27H,1-3H3,(H,28,29). The number of fused-ring (bicyclic) bond motifs is 1. The lowest BCUT2D eigenvalue weighted by atomic mass is 9.94. The van der Waals surface area contributed by atoms with Gasteiger partial charge in [-0.05, 0) is 47.7 Å². The van der Waals surface area contributed by atoms with Gasteiger partial charge in [-0.3, -0.25) is 4.40 Å². The number of carboxylic acids is 1. The van der Waals surface area contributed by atoms with Crippen molar-refractivity contribution in [3.8, 4) is 17.0 Å². The normalized spacial score (nSPS) is 12.1. The molecule has 2 aromatic carbocycles. The van der Waals surface area contributed by atoms with Gasteiger partial charge < -0.3 is 14.9 Å². The Bertz CT molecular complexity index is 1250. The largest absolute Gasteiger partial charge is 0.480 e. The van der Waals surface area contributed by atoms with Crippen molar-refractivity contribution >= 4 is 11.6 Å². The van der Waals surface area contributed by atoms with E-state index in [0.29, 0.717) is 28.3 Å². The number of nitrogens with zero attached hydrogens (tertiary/aromatic N) is 2. The number of pyridine rings is 1. The molecule has 0 saturated heterocycles. The van der Waals surface area contributed by atoms with Crippen molar-refractivity contribution in [2.45, 2.75) is 20.0 Å². The Balaban J connectivity index is 1.87. The van der Waals surface area contributed by atoms with Crippen LogP contribution in [0.1, 0.15) is 38.8 Å². The van der Waals surface area contributed by atoms with Crippen molar-refractivity contribution in [1.29, 1.82) is 0 Å². The third kappa shape index (κ3) is 3.31. The molecule has 6 heteroatoms.